The van der Waals surface area contributed by atoms with E-state index in [0.717, 1.165) is 54.7 Å². The first-order valence-electron chi connectivity index (χ1n) is 9.59. The van der Waals surface area contributed by atoms with Gasteiger partial charge >= 0.3 is 0 Å². The molecular weight excluding hydrogens is 340 g/mol. The lowest BCUT2D eigenvalue weighted by Crippen LogP contribution is -2.44. The summed E-state index contributed by atoms with van der Waals surface area (Å²) >= 11 is 0. The van der Waals surface area contributed by atoms with Crippen LogP contribution in [0.25, 0.3) is 10.9 Å². The van der Waals surface area contributed by atoms with Gasteiger partial charge in [-0.2, -0.15) is 5.10 Å². The van der Waals surface area contributed by atoms with E-state index in [9.17, 15) is 4.79 Å². The first-order valence-corrected chi connectivity index (χ1v) is 9.59. The summed E-state index contributed by atoms with van der Waals surface area (Å²) in [6.45, 7) is 1.67. The molecule has 0 bridgehead atoms. The van der Waals surface area contributed by atoms with Crippen molar-refractivity contribution >= 4 is 16.8 Å². The highest BCUT2D eigenvalue weighted by Gasteiger charge is 2.29. The average Bonchev–Trinajstić information content (AvgIpc) is 3.34. The smallest absolute Gasteiger partial charge is 0.270 e. The van der Waals surface area contributed by atoms with Crippen molar-refractivity contribution in [2.45, 2.75) is 38.3 Å². The van der Waals surface area contributed by atoms with Crippen molar-refractivity contribution in [2.24, 2.45) is 7.05 Å². The molecule has 1 aromatic carbocycles. The van der Waals surface area contributed by atoms with E-state index in [4.69, 9.17) is 4.74 Å². The van der Waals surface area contributed by atoms with E-state index < -0.39 is 0 Å². The van der Waals surface area contributed by atoms with Crippen molar-refractivity contribution in [3.05, 3.63) is 48.4 Å². The van der Waals surface area contributed by atoms with Crippen LogP contribution in [0.4, 0.5) is 0 Å². The summed E-state index contributed by atoms with van der Waals surface area (Å²) < 4.78 is 9.26. The first kappa shape index (κ1) is 17.6. The van der Waals surface area contributed by atoms with Crippen LogP contribution in [-0.4, -0.2) is 44.9 Å². The van der Waals surface area contributed by atoms with Gasteiger partial charge in [-0.3, -0.25) is 9.48 Å². The maximum Gasteiger partial charge on any atom is 0.270 e. The van der Waals surface area contributed by atoms with Crippen LogP contribution in [-0.2, 0) is 13.6 Å². The molecule has 1 atom stereocenters. The molecule has 27 heavy (non-hydrogen) atoms. The Balaban J connectivity index is 1.57. The number of ether oxygens (including phenoxy) is 1. The van der Waals surface area contributed by atoms with Crippen LogP contribution in [0.15, 0.2) is 42.7 Å². The number of aromatic nitrogens is 3. The summed E-state index contributed by atoms with van der Waals surface area (Å²) in [5.74, 6) is 0.931. The zero-order valence-corrected chi connectivity index (χ0v) is 16.0. The Morgan fingerprint density at radius 1 is 1.30 bits per heavy atom. The monoisotopic (exact) mass is 366 g/mol. The van der Waals surface area contributed by atoms with Gasteiger partial charge < -0.3 is 14.2 Å². The van der Waals surface area contributed by atoms with E-state index in [2.05, 4.69) is 10.00 Å². The number of aryl methyl sites for hydroxylation is 2. The second-order valence-electron chi connectivity index (χ2n) is 7.22. The molecule has 1 saturated heterocycles. The summed E-state index contributed by atoms with van der Waals surface area (Å²) in [6, 6.07) is 10.1. The minimum absolute atomic E-state index is 0.123. The maximum absolute atomic E-state index is 13.4. The number of benzene rings is 1. The molecule has 142 valence electrons. The molecule has 1 aliphatic heterocycles. The number of likely N-dealkylation sites (tertiary alicyclic amines) is 1. The molecule has 2 aromatic heterocycles. The molecule has 0 spiro atoms. The number of fused-ring (bicyclic) bond motifs is 1. The normalized spacial score (nSPS) is 17.4. The van der Waals surface area contributed by atoms with Gasteiger partial charge in [0, 0.05) is 49.5 Å². The molecule has 0 saturated carbocycles. The van der Waals surface area contributed by atoms with Crippen LogP contribution in [0.5, 0.6) is 5.75 Å². The van der Waals surface area contributed by atoms with Crippen LogP contribution in [0, 0.1) is 0 Å². The fraction of sp³-hybridized carbons (Fsp3) is 0.429. The van der Waals surface area contributed by atoms with Crippen molar-refractivity contribution in [3.8, 4) is 5.75 Å². The Labute approximate surface area is 159 Å². The molecule has 0 unspecified atom stereocenters. The minimum atomic E-state index is 0.123. The van der Waals surface area contributed by atoms with Crippen LogP contribution in [0.1, 0.15) is 36.2 Å². The molecule has 0 N–H and O–H groups in total. The van der Waals surface area contributed by atoms with Crippen molar-refractivity contribution < 1.29 is 9.53 Å². The molecule has 0 radical (unpaired) electrons. The average molecular weight is 366 g/mol. The predicted molar refractivity (Wildman–Crippen MR) is 105 cm³/mol. The van der Waals surface area contributed by atoms with Gasteiger partial charge in [-0.15, -0.1) is 0 Å². The van der Waals surface area contributed by atoms with Gasteiger partial charge in [0.25, 0.3) is 5.91 Å². The molecule has 0 aliphatic carbocycles. The number of methoxy groups -OCH3 is 1. The lowest BCUT2D eigenvalue weighted by molar-refractivity contribution is 0.0584. The highest BCUT2D eigenvalue weighted by Crippen LogP contribution is 2.27. The van der Waals surface area contributed by atoms with E-state index in [0.29, 0.717) is 0 Å². The van der Waals surface area contributed by atoms with Crippen molar-refractivity contribution in [2.75, 3.05) is 13.7 Å². The molecule has 1 aliphatic rings. The highest BCUT2D eigenvalue weighted by molar-refractivity contribution is 5.99. The van der Waals surface area contributed by atoms with Crippen LogP contribution in [0.2, 0.25) is 0 Å². The fourth-order valence-electron chi connectivity index (χ4n) is 4.09. The zero-order valence-electron chi connectivity index (χ0n) is 16.0. The zero-order chi connectivity index (χ0) is 18.8. The van der Waals surface area contributed by atoms with Gasteiger partial charge in [0.15, 0.2) is 0 Å². The van der Waals surface area contributed by atoms with Gasteiger partial charge in [0.2, 0.25) is 0 Å². The van der Waals surface area contributed by atoms with Crippen molar-refractivity contribution in [3.63, 3.8) is 0 Å². The Morgan fingerprint density at radius 3 is 2.96 bits per heavy atom. The molecule has 3 heterocycles. The van der Waals surface area contributed by atoms with Gasteiger partial charge in [0.05, 0.1) is 7.11 Å². The standard InChI is InChI=1S/C21H26N4O2/c1-23-19-8-7-18(27-2)14-16(19)15-20(23)21(26)25-12-4-3-6-17(25)9-13-24-11-5-10-22-24/h5,7-8,10-11,14-15,17H,3-4,6,9,12-13H2,1-2H3/t17-/m1/s1. The van der Waals surface area contributed by atoms with Gasteiger partial charge in [-0.1, -0.05) is 0 Å². The number of amides is 1. The Hall–Kier alpha value is -2.76. The largest absolute Gasteiger partial charge is 0.497 e. The summed E-state index contributed by atoms with van der Waals surface area (Å²) in [5.41, 5.74) is 1.79. The second kappa shape index (κ2) is 7.47. The molecular formula is C21H26N4O2. The number of hydrogen-bond donors (Lipinski definition) is 0. The maximum atomic E-state index is 13.4. The SMILES string of the molecule is COc1ccc2c(c1)cc(C(=O)N1CCCC[C@@H]1CCn1cccn1)n2C. The Morgan fingerprint density at radius 2 is 2.19 bits per heavy atom. The third-order valence-corrected chi connectivity index (χ3v) is 5.61. The van der Waals surface area contributed by atoms with Crippen molar-refractivity contribution in [1.29, 1.82) is 0 Å². The Kier molecular flexibility index (Phi) is 4.88. The molecule has 6 heteroatoms. The molecule has 1 amide bonds. The summed E-state index contributed by atoms with van der Waals surface area (Å²) in [4.78, 5) is 15.4. The summed E-state index contributed by atoms with van der Waals surface area (Å²) in [7, 11) is 3.62. The lowest BCUT2D eigenvalue weighted by atomic mass is 9.99. The highest BCUT2D eigenvalue weighted by atomic mass is 16.5. The fourth-order valence-corrected chi connectivity index (χ4v) is 4.09. The van der Waals surface area contributed by atoms with Gasteiger partial charge in [-0.25, -0.2) is 0 Å². The molecule has 4 rings (SSSR count). The number of carbonyl (C=O) groups excluding carboxylic acids is 1. The number of carbonyl (C=O) groups is 1. The lowest BCUT2D eigenvalue weighted by Gasteiger charge is -2.36. The third-order valence-electron chi connectivity index (χ3n) is 5.61. The Bertz CT molecular complexity index is 929. The number of hydrogen-bond acceptors (Lipinski definition) is 3. The van der Waals surface area contributed by atoms with E-state index in [1.165, 1.54) is 6.42 Å². The van der Waals surface area contributed by atoms with Gasteiger partial charge in [0.1, 0.15) is 11.4 Å². The topological polar surface area (TPSA) is 52.3 Å². The molecule has 3 aromatic rings. The van der Waals surface area contributed by atoms with E-state index >= 15 is 0 Å². The van der Waals surface area contributed by atoms with Crippen LogP contribution < -0.4 is 4.74 Å². The van der Waals surface area contributed by atoms with Crippen molar-refractivity contribution in [1.82, 2.24) is 19.2 Å². The third kappa shape index (κ3) is 3.44. The van der Waals surface area contributed by atoms with E-state index in [1.807, 2.05) is 52.8 Å². The molecule has 6 nitrogen and oxygen atoms in total. The minimum Gasteiger partial charge on any atom is -0.497 e. The first-order chi connectivity index (χ1) is 13.2. The van der Waals surface area contributed by atoms with Crippen LogP contribution in [0.3, 0.4) is 0 Å². The quantitative estimate of drug-likeness (QED) is 0.695. The summed E-state index contributed by atoms with van der Waals surface area (Å²) in [6.07, 6.45) is 8.03. The predicted octanol–water partition coefficient (Wildman–Crippen LogP) is 3.47. The van der Waals surface area contributed by atoms with E-state index in [1.54, 1.807) is 13.3 Å². The second-order valence-corrected chi connectivity index (χ2v) is 7.22. The number of piperidine rings is 1. The van der Waals surface area contributed by atoms with Gasteiger partial charge in [-0.05, 0) is 56.0 Å². The molecule has 1 fully saturated rings. The summed E-state index contributed by atoms with van der Waals surface area (Å²) in [5, 5.41) is 5.32. The van der Waals surface area contributed by atoms with E-state index in [-0.39, 0.29) is 11.9 Å². The number of nitrogens with zero attached hydrogens (tertiary/aromatic N) is 4. The van der Waals surface area contributed by atoms with Crippen LogP contribution >= 0.6 is 0 Å². The number of rotatable bonds is 5.